The van der Waals surface area contributed by atoms with Crippen LogP contribution in [0.3, 0.4) is 0 Å². The smallest absolute Gasteiger partial charge is 0 e. The summed E-state index contributed by atoms with van der Waals surface area (Å²) in [5.74, 6) is 2.69. The van der Waals surface area contributed by atoms with Crippen LogP contribution < -0.4 is 0 Å². The molecule has 0 unspecified atom stereocenters. The van der Waals surface area contributed by atoms with E-state index in [1.807, 2.05) is 56.0 Å². The molecule has 22 heavy (non-hydrogen) atoms. The number of rotatable bonds is 0. The molecule has 0 bridgehead atoms. The van der Waals surface area contributed by atoms with Gasteiger partial charge >= 0.3 is 11.3 Å². The standard InChI is InChI=1S/C7H7.2C6H7.CO.Nb/c1-7-5-3-2-4-6-7;2*1-6-4-2-3-5-6;1-2;/h2-6H,1H2;2*2-5H,1H3;;/q-1;;;;. The van der Waals surface area contributed by atoms with Crippen molar-refractivity contribution in [3.63, 3.8) is 0 Å². The van der Waals surface area contributed by atoms with Gasteiger partial charge in [0.1, 0.15) is 0 Å². The van der Waals surface area contributed by atoms with Gasteiger partial charge in [-0.2, -0.15) is 24.6 Å². The Hall–Kier alpha value is -0.430. The van der Waals surface area contributed by atoms with Crippen LogP contribution in [0.15, 0.2) is 30.3 Å². The van der Waals surface area contributed by atoms with E-state index in [4.69, 9.17) is 4.65 Å². The van der Waals surface area contributed by atoms with Crippen molar-refractivity contribution in [2.75, 3.05) is 0 Å². The normalized spacial score (nSPS) is 16.7. The molecule has 0 atom stereocenters. The molecule has 11 radical (unpaired) electrons. The second-order valence-electron chi connectivity index (χ2n) is 4.41. The largest absolute Gasteiger partial charge is 0.199 e. The van der Waals surface area contributed by atoms with Crippen LogP contribution in [0.1, 0.15) is 19.4 Å². The molecule has 0 spiro atoms. The van der Waals surface area contributed by atoms with E-state index in [2.05, 4.69) is 53.1 Å². The number of hydrogen-bond acceptors (Lipinski definition) is 0. The summed E-state index contributed by atoms with van der Waals surface area (Å²) in [6, 6.07) is 9.87. The maximum absolute atomic E-state index is 7.50. The molecule has 1 aromatic rings. The van der Waals surface area contributed by atoms with Crippen molar-refractivity contribution in [1.29, 1.82) is 0 Å². The average Bonchev–Trinajstić information content (AvgIpc) is 3.17. The molecule has 1 nitrogen and oxygen atoms in total. The Morgan fingerprint density at radius 2 is 1.05 bits per heavy atom. The van der Waals surface area contributed by atoms with Crippen LogP contribution in [-0.4, -0.2) is 0 Å². The first-order valence-corrected chi connectivity index (χ1v) is 6.62. The van der Waals surface area contributed by atoms with Gasteiger partial charge < -0.3 is 0 Å². The Morgan fingerprint density at radius 1 is 0.727 bits per heavy atom. The monoisotopic (exact) mass is 370 g/mol. The third kappa shape index (κ3) is 14.5. The fourth-order valence-corrected chi connectivity index (χ4v) is 1.42. The van der Waals surface area contributed by atoms with E-state index in [0.717, 1.165) is 5.56 Å². The van der Waals surface area contributed by atoms with Crippen molar-refractivity contribution < 1.29 is 27.0 Å². The van der Waals surface area contributed by atoms with Gasteiger partial charge in [0.05, 0.1) is 0 Å². The van der Waals surface area contributed by atoms with E-state index >= 15 is 0 Å². The van der Waals surface area contributed by atoms with Gasteiger partial charge in [-0.1, -0.05) is 19.9 Å². The van der Waals surface area contributed by atoms with Gasteiger partial charge in [0.2, 0.25) is 0 Å². The van der Waals surface area contributed by atoms with Crippen LogP contribution in [0.25, 0.3) is 0 Å². The van der Waals surface area contributed by atoms with Gasteiger partial charge in [-0.25, -0.2) is 0 Å². The molecule has 2 saturated carbocycles. The van der Waals surface area contributed by atoms with Crippen molar-refractivity contribution in [1.82, 2.24) is 0 Å². The van der Waals surface area contributed by atoms with Gasteiger partial charge in [0, 0.05) is 22.4 Å². The molecule has 0 aromatic heterocycles. The molecule has 2 fully saturated rings. The van der Waals surface area contributed by atoms with Crippen LogP contribution in [0.5, 0.6) is 0 Å². The maximum atomic E-state index is 7.50. The van der Waals surface area contributed by atoms with Gasteiger partial charge in [-0.15, -0.1) is 12.1 Å². The summed E-state index contributed by atoms with van der Waals surface area (Å²) in [5.41, 5.74) is 1.07. The first-order chi connectivity index (χ1) is 10.2. The van der Waals surface area contributed by atoms with Gasteiger partial charge in [0.25, 0.3) is 0 Å². The number of benzene rings is 1. The van der Waals surface area contributed by atoms with Crippen LogP contribution in [0.4, 0.5) is 0 Å². The van der Waals surface area contributed by atoms with Crippen molar-refractivity contribution in [2.24, 2.45) is 0 Å². The first kappa shape index (κ1) is 23.8. The minimum atomic E-state index is 0. The minimum Gasteiger partial charge on any atom is -0.199 e. The quantitative estimate of drug-likeness (QED) is 0.360. The molecule has 0 saturated heterocycles. The molecule has 2 aliphatic carbocycles. The van der Waals surface area contributed by atoms with Crippen LogP contribution in [-0.2, 0) is 27.0 Å². The van der Waals surface area contributed by atoms with Gasteiger partial charge in [-0.05, 0) is 63.2 Å². The Balaban J connectivity index is 0. The summed E-state index contributed by atoms with van der Waals surface area (Å²) >= 11 is 0. The van der Waals surface area contributed by atoms with Crippen molar-refractivity contribution in [3.05, 3.63) is 113 Å². The molecular formula is C20H21NbO-. The summed E-state index contributed by atoms with van der Waals surface area (Å²) in [6.45, 7) is 12.4. The fraction of sp³-hybridized carbons (Fsp3) is 0.100. The third-order valence-corrected chi connectivity index (χ3v) is 2.50. The van der Waals surface area contributed by atoms with E-state index in [-0.39, 0.29) is 22.4 Å². The fourth-order valence-electron chi connectivity index (χ4n) is 1.42. The van der Waals surface area contributed by atoms with Gasteiger partial charge in [-0.3, -0.25) is 0 Å². The summed E-state index contributed by atoms with van der Waals surface area (Å²) < 4.78 is 7.50. The molecule has 1 aromatic carbocycles. The Morgan fingerprint density at radius 3 is 1.18 bits per heavy atom. The molecule has 113 valence electrons. The summed E-state index contributed by atoms with van der Waals surface area (Å²) in [4.78, 5) is 0. The van der Waals surface area contributed by atoms with E-state index in [9.17, 15) is 0 Å². The molecule has 0 amide bonds. The van der Waals surface area contributed by atoms with Crippen LogP contribution in [0, 0.1) is 76.8 Å². The second kappa shape index (κ2) is 16.9. The number of hydrogen-bond donors (Lipinski definition) is 0. The van der Waals surface area contributed by atoms with Gasteiger partial charge in [0.15, 0.2) is 0 Å². The Bertz CT molecular complexity index is 321. The van der Waals surface area contributed by atoms with Crippen LogP contribution in [0.2, 0.25) is 0 Å². The summed E-state index contributed by atoms with van der Waals surface area (Å²) in [6.07, 6.45) is 16.5. The topological polar surface area (TPSA) is 19.9 Å². The van der Waals surface area contributed by atoms with E-state index in [1.54, 1.807) is 0 Å². The molecule has 2 aliphatic rings. The minimum absolute atomic E-state index is 0. The predicted molar refractivity (Wildman–Crippen MR) is 87.1 cm³/mol. The van der Waals surface area contributed by atoms with Crippen molar-refractivity contribution in [2.45, 2.75) is 13.8 Å². The zero-order valence-corrected chi connectivity index (χ0v) is 15.3. The summed E-state index contributed by atoms with van der Waals surface area (Å²) in [7, 11) is 0. The van der Waals surface area contributed by atoms with Crippen molar-refractivity contribution >= 4 is 0 Å². The predicted octanol–water partition coefficient (Wildman–Crippen LogP) is 4.65. The van der Waals surface area contributed by atoms with E-state index < -0.39 is 0 Å². The maximum Gasteiger partial charge on any atom is 0 e. The summed E-state index contributed by atoms with van der Waals surface area (Å²) in [5, 5.41) is 0. The molecule has 3 rings (SSSR count). The molecule has 0 heterocycles. The van der Waals surface area contributed by atoms with Crippen LogP contribution >= 0.6 is 0 Å². The van der Waals surface area contributed by atoms with E-state index in [1.165, 1.54) is 11.8 Å². The first-order valence-electron chi connectivity index (χ1n) is 6.62. The molecule has 0 aliphatic heterocycles. The SMILES string of the molecule is C[C]1[CH][CH][CH][CH]1.C[C]1[CH][CH][CH][CH]1.[C-]#[O+].[CH2-]c1ccccc1.[Nb]. The zero-order chi connectivity index (χ0) is 15.9. The van der Waals surface area contributed by atoms with E-state index in [0.29, 0.717) is 0 Å². The zero-order valence-electron chi connectivity index (χ0n) is 13.1. The Labute approximate surface area is 153 Å². The Kier molecular flexibility index (Phi) is 18.3. The molecular weight excluding hydrogens is 349 g/mol. The molecule has 0 N–H and O–H groups in total. The third-order valence-electron chi connectivity index (χ3n) is 2.50. The molecule has 2 heteroatoms. The van der Waals surface area contributed by atoms with Crippen molar-refractivity contribution in [3.8, 4) is 0 Å². The average molecular weight is 370 g/mol. The second-order valence-corrected chi connectivity index (χ2v) is 4.41.